The average Bonchev–Trinajstić information content (AvgIpc) is 2.42. The molecule has 0 radical (unpaired) electrons. The Balaban J connectivity index is 1.66. The second-order valence-corrected chi connectivity index (χ2v) is 5.46. The normalized spacial score (nSPS) is 23.3. The quantitative estimate of drug-likeness (QED) is 0.877. The summed E-state index contributed by atoms with van der Waals surface area (Å²) in [5.74, 6) is 0.761. The van der Waals surface area contributed by atoms with Crippen molar-refractivity contribution in [2.75, 3.05) is 11.9 Å². The van der Waals surface area contributed by atoms with Gasteiger partial charge in [-0.3, -0.25) is 4.79 Å². The first-order valence-corrected chi connectivity index (χ1v) is 7.04. The predicted octanol–water partition coefficient (Wildman–Crippen LogP) is 2.31. The summed E-state index contributed by atoms with van der Waals surface area (Å²) in [6.07, 6.45) is 3.95. The molecule has 102 valence electrons. The topological polar surface area (TPSA) is 50.4 Å². The van der Waals surface area contributed by atoms with E-state index in [-0.39, 0.29) is 11.4 Å². The van der Waals surface area contributed by atoms with Gasteiger partial charge in [0.05, 0.1) is 12.2 Å². The number of ether oxygens (including phenoxy) is 1. The molecular formula is C15H20N2O2. The SMILES string of the molecule is CCC1(NC(=O)C2CNc3ccccc3O2)CCC1. The molecule has 4 heteroatoms. The summed E-state index contributed by atoms with van der Waals surface area (Å²) in [5.41, 5.74) is 0.984. The maximum Gasteiger partial charge on any atom is 0.263 e. The first kappa shape index (κ1) is 12.3. The van der Waals surface area contributed by atoms with Crippen LogP contribution in [-0.4, -0.2) is 24.1 Å². The highest BCUT2D eigenvalue weighted by atomic mass is 16.5. The highest BCUT2D eigenvalue weighted by Crippen LogP contribution is 2.35. The molecule has 2 N–H and O–H groups in total. The number of para-hydroxylation sites is 2. The van der Waals surface area contributed by atoms with Crippen LogP contribution in [0.1, 0.15) is 32.6 Å². The van der Waals surface area contributed by atoms with Gasteiger partial charge in [0.2, 0.25) is 0 Å². The molecule has 1 heterocycles. The van der Waals surface area contributed by atoms with E-state index in [1.54, 1.807) is 0 Å². The number of hydrogen-bond acceptors (Lipinski definition) is 3. The fourth-order valence-corrected chi connectivity index (χ4v) is 2.77. The summed E-state index contributed by atoms with van der Waals surface area (Å²) < 4.78 is 5.78. The van der Waals surface area contributed by atoms with Gasteiger partial charge in [0.15, 0.2) is 6.10 Å². The third-order valence-electron chi connectivity index (χ3n) is 4.30. The van der Waals surface area contributed by atoms with E-state index in [0.29, 0.717) is 6.54 Å². The molecule has 1 aromatic rings. The number of nitrogens with one attached hydrogen (secondary N) is 2. The van der Waals surface area contributed by atoms with E-state index in [9.17, 15) is 4.79 Å². The van der Waals surface area contributed by atoms with E-state index in [0.717, 1.165) is 30.7 Å². The fourth-order valence-electron chi connectivity index (χ4n) is 2.77. The maximum absolute atomic E-state index is 12.3. The number of carbonyl (C=O) groups excluding carboxylic acids is 1. The van der Waals surface area contributed by atoms with Crippen LogP contribution >= 0.6 is 0 Å². The molecule has 1 unspecified atom stereocenters. The molecule has 3 rings (SSSR count). The van der Waals surface area contributed by atoms with E-state index in [4.69, 9.17) is 4.74 Å². The van der Waals surface area contributed by atoms with Gasteiger partial charge in [0, 0.05) is 5.54 Å². The molecule has 1 atom stereocenters. The van der Waals surface area contributed by atoms with Crippen molar-refractivity contribution >= 4 is 11.6 Å². The van der Waals surface area contributed by atoms with Gasteiger partial charge in [-0.15, -0.1) is 0 Å². The van der Waals surface area contributed by atoms with Crippen molar-refractivity contribution in [1.29, 1.82) is 0 Å². The second-order valence-electron chi connectivity index (χ2n) is 5.46. The molecule has 1 fully saturated rings. The molecule has 0 bridgehead atoms. The van der Waals surface area contributed by atoms with Crippen molar-refractivity contribution in [1.82, 2.24) is 5.32 Å². The zero-order valence-electron chi connectivity index (χ0n) is 11.2. The van der Waals surface area contributed by atoms with Crippen molar-refractivity contribution < 1.29 is 9.53 Å². The van der Waals surface area contributed by atoms with Gasteiger partial charge in [-0.2, -0.15) is 0 Å². The van der Waals surface area contributed by atoms with Crippen molar-refractivity contribution in [3.05, 3.63) is 24.3 Å². The van der Waals surface area contributed by atoms with E-state index in [1.807, 2.05) is 24.3 Å². The number of hydrogen-bond donors (Lipinski definition) is 2. The molecule has 1 aliphatic carbocycles. The zero-order valence-corrected chi connectivity index (χ0v) is 11.2. The van der Waals surface area contributed by atoms with Crippen molar-refractivity contribution in [2.45, 2.75) is 44.2 Å². The Labute approximate surface area is 113 Å². The summed E-state index contributed by atoms with van der Waals surface area (Å²) in [5, 5.41) is 6.42. The zero-order chi connectivity index (χ0) is 13.3. The number of rotatable bonds is 3. The highest BCUT2D eigenvalue weighted by Gasteiger charge is 2.39. The third-order valence-corrected chi connectivity index (χ3v) is 4.30. The summed E-state index contributed by atoms with van der Waals surface area (Å²) >= 11 is 0. The van der Waals surface area contributed by atoms with Crippen LogP contribution in [0.5, 0.6) is 5.75 Å². The number of amides is 1. The van der Waals surface area contributed by atoms with Gasteiger partial charge in [0.1, 0.15) is 5.75 Å². The van der Waals surface area contributed by atoms with Crippen LogP contribution in [0.15, 0.2) is 24.3 Å². The Bertz CT molecular complexity index is 477. The Kier molecular flexibility index (Phi) is 3.09. The minimum Gasteiger partial charge on any atom is -0.477 e. The lowest BCUT2D eigenvalue weighted by molar-refractivity contribution is -0.130. The first-order valence-electron chi connectivity index (χ1n) is 7.04. The standard InChI is InChI=1S/C15H20N2O2/c1-2-15(8-5-9-15)17-14(18)13-10-16-11-6-3-4-7-12(11)19-13/h3-4,6-7,13,16H,2,5,8-10H2,1H3,(H,17,18). The molecule has 1 aromatic carbocycles. The molecule has 0 saturated heterocycles. The maximum atomic E-state index is 12.3. The number of benzene rings is 1. The molecule has 0 spiro atoms. The first-order chi connectivity index (χ1) is 9.22. The Morgan fingerprint density at radius 3 is 2.95 bits per heavy atom. The molecule has 4 nitrogen and oxygen atoms in total. The van der Waals surface area contributed by atoms with Crippen molar-refractivity contribution in [3.63, 3.8) is 0 Å². The van der Waals surface area contributed by atoms with Gasteiger partial charge in [-0.1, -0.05) is 19.1 Å². The van der Waals surface area contributed by atoms with E-state index >= 15 is 0 Å². The fraction of sp³-hybridized carbons (Fsp3) is 0.533. The van der Waals surface area contributed by atoms with Crippen LogP contribution in [0.3, 0.4) is 0 Å². The molecular weight excluding hydrogens is 240 g/mol. The van der Waals surface area contributed by atoms with Crippen molar-refractivity contribution in [3.8, 4) is 5.75 Å². The Morgan fingerprint density at radius 1 is 1.47 bits per heavy atom. The minimum atomic E-state index is -0.432. The highest BCUT2D eigenvalue weighted by molar-refractivity contribution is 5.83. The molecule has 19 heavy (non-hydrogen) atoms. The summed E-state index contributed by atoms with van der Waals surface area (Å²) in [6.45, 7) is 2.66. The molecule has 2 aliphatic rings. The van der Waals surface area contributed by atoms with Gasteiger partial charge in [-0.05, 0) is 37.8 Å². The summed E-state index contributed by atoms with van der Waals surface area (Å²) in [4.78, 5) is 12.3. The molecule has 1 aliphatic heterocycles. The minimum absolute atomic E-state index is 0.00329. The van der Waals surface area contributed by atoms with Crippen LogP contribution in [0.2, 0.25) is 0 Å². The predicted molar refractivity (Wildman–Crippen MR) is 74.4 cm³/mol. The number of carbonyl (C=O) groups is 1. The van der Waals surface area contributed by atoms with Crippen LogP contribution in [0, 0.1) is 0 Å². The third kappa shape index (κ3) is 2.27. The lowest BCUT2D eigenvalue weighted by atomic mass is 9.74. The smallest absolute Gasteiger partial charge is 0.263 e. The average molecular weight is 260 g/mol. The van der Waals surface area contributed by atoms with Gasteiger partial charge in [-0.25, -0.2) is 0 Å². The van der Waals surface area contributed by atoms with Gasteiger partial charge < -0.3 is 15.4 Å². The second kappa shape index (κ2) is 4.76. The number of fused-ring (bicyclic) bond motifs is 1. The Hall–Kier alpha value is -1.71. The lowest BCUT2D eigenvalue weighted by Crippen LogP contribution is -2.57. The molecule has 0 aromatic heterocycles. The largest absolute Gasteiger partial charge is 0.477 e. The molecule has 1 amide bonds. The molecule has 1 saturated carbocycles. The van der Waals surface area contributed by atoms with Crippen LogP contribution in [0.4, 0.5) is 5.69 Å². The van der Waals surface area contributed by atoms with E-state index in [2.05, 4.69) is 17.6 Å². The van der Waals surface area contributed by atoms with E-state index < -0.39 is 6.10 Å². The van der Waals surface area contributed by atoms with Crippen LogP contribution < -0.4 is 15.4 Å². The summed E-state index contributed by atoms with van der Waals surface area (Å²) in [7, 11) is 0. The van der Waals surface area contributed by atoms with Crippen molar-refractivity contribution in [2.24, 2.45) is 0 Å². The Morgan fingerprint density at radius 2 is 2.26 bits per heavy atom. The lowest BCUT2D eigenvalue weighted by Gasteiger charge is -2.43. The van der Waals surface area contributed by atoms with Gasteiger partial charge >= 0.3 is 0 Å². The monoisotopic (exact) mass is 260 g/mol. The van der Waals surface area contributed by atoms with Crippen LogP contribution in [0.25, 0.3) is 0 Å². The van der Waals surface area contributed by atoms with Crippen LogP contribution in [-0.2, 0) is 4.79 Å². The van der Waals surface area contributed by atoms with E-state index in [1.165, 1.54) is 6.42 Å². The number of anilines is 1. The summed E-state index contributed by atoms with van der Waals surface area (Å²) in [6, 6.07) is 7.72. The van der Waals surface area contributed by atoms with Gasteiger partial charge in [0.25, 0.3) is 5.91 Å².